The average molecular weight is 227 g/mol. The molecule has 0 radical (unpaired) electrons. The Kier molecular flexibility index (Phi) is 4.01. The molecule has 0 heterocycles. The highest BCUT2D eigenvalue weighted by molar-refractivity contribution is 6.18. The van der Waals surface area contributed by atoms with Gasteiger partial charge in [-0.15, -0.1) is 11.6 Å². The molecule has 1 nitrogen and oxygen atoms in total. The molecule has 1 aliphatic carbocycles. The van der Waals surface area contributed by atoms with E-state index in [1.54, 1.807) is 0 Å². The summed E-state index contributed by atoms with van der Waals surface area (Å²) in [6, 6.07) is 0. The van der Waals surface area contributed by atoms with Gasteiger partial charge in [-0.2, -0.15) is 0 Å². The lowest BCUT2D eigenvalue weighted by Crippen LogP contribution is -2.19. The molecule has 0 aromatic carbocycles. The molecule has 0 saturated heterocycles. The van der Waals surface area contributed by atoms with Crippen LogP contribution in [0.1, 0.15) is 6.42 Å². The van der Waals surface area contributed by atoms with Gasteiger partial charge < -0.3 is 5.11 Å². The van der Waals surface area contributed by atoms with Gasteiger partial charge >= 0.3 is 0 Å². The third kappa shape index (κ3) is 2.75. The van der Waals surface area contributed by atoms with Crippen molar-refractivity contribution in [2.24, 2.45) is 0 Å². The second-order valence-corrected chi connectivity index (χ2v) is 3.42. The van der Waals surface area contributed by atoms with Crippen LogP contribution in [0.5, 0.6) is 0 Å². The van der Waals surface area contributed by atoms with Crippen molar-refractivity contribution < 1.29 is 18.3 Å². The minimum absolute atomic E-state index is 0.0282. The molecule has 1 aliphatic rings. The third-order valence-electron chi connectivity index (χ3n) is 1.91. The van der Waals surface area contributed by atoms with Crippen LogP contribution in [0.15, 0.2) is 23.6 Å². The number of allylic oxidation sites excluding steroid dienone is 3. The van der Waals surface area contributed by atoms with Crippen LogP contribution in [0.2, 0.25) is 0 Å². The summed E-state index contributed by atoms with van der Waals surface area (Å²) >= 11 is 5.30. The maximum Gasteiger partial charge on any atom is 0.156 e. The van der Waals surface area contributed by atoms with E-state index in [2.05, 4.69) is 0 Å². The van der Waals surface area contributed by atoms with E-state index in [9.17, 15) is 13.2 Å². The van der Waals surface area contributed by atoms with Crippen molar-refractivity contribution in [2.45, 2.75) is 24.9 Å². The summed E-state index contributed by atoms with van der Waals surface area (Å²) in [6.07, 6.45) is -3.40. The monoisotopic (exact) mass is 226 g/mol. The Bertz CT molecular complexity index is 265. The molecule has 0 aromatic heterocycles. The number of hydrogen-bond acceptors (Lipinski definition) is 1. The minimum atomic E-state index is -1.94. The third-order valence-corrected chi connectivity index (χ3v) is 2.27. The summed E-state index contributed by atoms with van der Waals surface area (Å²) in [5.41, 5.74) is -0.0282. The van der Waals surface area contributed by atoms with Crippen molar-refractivity contribution in [3.05, 3.63) is 23.6 Å². The molecule has 0 aliphatic heterocycles. The van der Waals surface area contributed by atoms with Crippen LogP contribution in [0.4, 0.5) is 13.2 Å². The van der Waals surface area contributed by atoms with Gasteiger partial charge in [0.15, 0.2) is 12.3 Å². The van der Waals surface area contributed by atoms with Crippen LogP contribution in [0, 0.1) is 0 Å². The van der Waals surface area contributed by atoms with Gasteiger partial charge in [0.25, 0.3) is 0 Å². The second-order valence-electron chi connectivity index (χ2n) is 3.11. The molecule has 5 heteroatoms. The van der Waals surface area contributed by atoms with E-state index in [1.807, 2.05) is 0 Å². The molecule has 80 valence electrons. The number of hydrogen-bond donors (Lipinski definition) is 1. The maximum atomic E-state index is 13.0. The van der Waals surface area contributed by atoms with E-state index < -0.39 is 24.3 Å². The highest BCUT2D eigenvalue weighted by Gasteiger charge is 2.25. The van der Waals surface area contributed by atoms with Crippen LogP contribution in [0.25, 0.3) is 0 Å². The average Bonchev–Trinajstić information content (AvgIpc) is 2.14. The Morgan fingerprint density at radius 3 is 2.50 bits per heavy atom. The fourth-order valence-electron chi connectivity index (χ4n) is 1.18. The maximum absolute atomic E-state index is 13.0. The molecule has 0 amide bonds. The van der Waals surface area contributed by atoms with Crippen LogP contribution >= 0.6 is 11.6 Å². The Hall–Kier alpha value is -0.480. The van der Waals surface area contributed by atoms with Gasteiger partial charge in [-0.3, -0.25) is 0 Å². The molecule has 0 spiro atoms. The summed E-state index contributed by atoms with van der Waals surface area (Å²) in [5, 5.41) is 9.10. The fourth-order valence-corrected chi connectivity index (χ4v) is 1.29. The number of alkyl halides is 3. The summed E-state index contributed by atoms with van der Waals surface area (Å²) < 4.78 is 38.4. The van der Waals surface area contributed by atoms with Crippen molar-refractivity contribution in [1.82, 2.24) is 0 Å². The van der Waals surface area contributed by atoms with Gasteiger partial charge in [-0.1, -0.05) is 0 Å². The second kappa shape index (κ2) is 4.84. The first-order chi connectivity index (χ1) is 6.54. The highest BCUT2D eigenvalue weighted by Crippen LogP contribution is 2.27. The van der Waals surface area contributed by atoms with Crippen molar-refractivity contribution in [1.29, 1.82) is 0 Å². The van der Waals surface area contributed by atoms with Gasteiger partial charge in [0.1, 0.15) is 5.83 Å². The van der Waals surface area contributed by atoms with Crippen molar-refractivity contribution in [3.8, 4) is 0 Å². The summed E-state index contributed by atoms with van der Waals surface area (Å²) in [7, 11) is 0. The molecular weight excluding hydrogens is 217 g/mol. The fraction of sp³-hybridized carbons (Fsp3) is 0.556. The largest absolute Gasteiger partial charge is 0.392 e. The lowest BCUT2D eigenvalue weighted by Gasteiger charge is -2.17. The van der Waals surface area contributed by atoms with Crippen molar-refractivity contribution >= 4 is 11.6 Å². The first-order valence-electron chi connectivity index (χ1n) is 4.15. The number of aliphatic hydroxyl groups excluding tert-OH is 1. The molecule has 3 atom stereocenters. The Balaban J connectivity index is 2.69. The predicted octanol–water partition coefficient (Wildman–Crippen LogP) is 2.45. The molecule has 1 N–H and O–H groups in total. The van der Waals surface area contributed by atoms with E-state index in [1.165, 1.54) is 0 Å². The first kappa shape index (κ1) is 11.6. The van der Waals surface area contributed by atoms with Crippen LogP contribution < -0.4 is 0 Å². The van der Waals surface area contributed by atoms with Gasteiger partial charge in [0.05, 0.1) is 6.10 Å². The zero-order valence-corrected chi connectivity index (χ0v) is 8.02. The number of rotatable bonds is 3. The molecular formula is C9H10ClF3O. The molecule has 0 saturated carbocycles. The smallest absolute Gasteiger partial charge is 0.156 e. The normalized spacial score (nSPS) is 29.5. The minimum Gasteiger partial charge on any atom is -0.392 e. The van der Waals surface area contributed by atoms with Crippen molar-refractivity contribution in [2.75, 3.05) is 5.88 Å². The standard InChI is InChI=1S/C9H10ClF3O/c10-4-6(14)1-5-2-8(12)9(13)3-7(5)11/h2-3,6,8-9,14H,1,4H2. The molecule has 1 rings (SSSR count). The zero-order valence-electron chi connectivity index (χ0n) is 7.26. The van der Waals surface area contributed by atoms with Crippen LogP contribution in [-0.4, -0.2) is 29.4 Å². The first-order valence-corrected chi connectivity index (χ1v) is 4.68. The Labute approximate surface area is 84.9 Å². The van der Waals surface area contributed by atoms with E-state index in [0.717, 1.165) is 6.08 Å². The Morgan fingerprint density at radius 1 is 1.36 bits per heavy atom. The van der Waals surface area contributed by atoms with Crippen molar-refractivity contribution in [3.63, 3.8) is 0 Å². The topological polar surface area (TPSA) is 20.2 Å². The highest BCUT2D eigenvalue weighted by atomic mass is 35.5. The van der Waals surface area contributed by atoms with Gasteiger partial charge in [-0.25, -0.2) is 13.2 Å². The predicted molar refractivity (Wildman–Crippen MR) is 48.4 cm³/mol. The van der Waals surface area contributed by atoms with Crippen LogP contribution in [0.3, 0.4) is 0 Å². The summed E-state index contributed by atoms with van der Waals surface area (Å²) in [5.74, 6) is -0.892. The van der Waals surface area contributed by atoms with Crippen LogP contribution in [-0.2, 0) is 0 Å². The molecule has 0 fully saturated rings. The van der Waals surface area contributed by atoms with Gasteiger partial charge in [0.2, 0.25) is 0 Å². The number of aliphatic hydroxyl groups is 1. The Morgan fingerprint density at radius 2 is 1.93 bits per heavy atom. The van der Waals surface area contributed by atoms with E-state index in [-0.39, 0.29) is 17.9 Å². The zero-order chi connectivity index (χ0) is 10.7. The SMILES string of the molecule is OC(CCl)CC1=CC(F)C(F)C=C1F. The van der Waals surface area contributed by atoms with Gasteiger partial charge in [0, 0.05) is 12.3 Å². The molecule has 14 heavy (non-hydrogen) atoms. The number of halogens is 4. The molecule has 0 bridgehead atoms. The summed E-state index contributed by atoms with van der Waals surface area (Å²) in [4.78, 5) is 0. The molecule has 0 aromatic rings. The van der Waals surface area contributed by atoms with E-state index in [0.29, 0.717) is 6.08 Å². The van der Waals surface area contributed by atoms with Gasteiger partial charge in [-0.05, 0) is 17.7 Å². The van der Waals surface area contributed by atoms with E-state index >= 15 is 0 Å². The molecule has 3 unspecified atom stereocenters. The lowest BCUT2D eigenvalue weighted by molar-refractivity contribution is 0.194. The van der Waals surface area contributed by atoms with E-state index in [4.69, 9.17) is 16.7 Å². The summed E-state index contributed by atoms with van der Waals surface area (Å²) in [6.45, 7) is 0. The quantitative estimate of drug-likeness (QED) is 0.733. The lowest BCUT2D eigenvalue weighted by atomic mass is 9.99.